The Kier molecular flexibility index (Phi) is 3.97. The molecule has 2 unspecified atom stereocenters. The van der Waals surface area contributed by atoms with E-state index in [0.29, 0.717) is 6.42 Å². The zero-order valence-corrected chi connectivity index (χ0v) is 10.3. The molecule has 4 nitrogen and oxygen atoms in total. The van der Waals surface area contributed by atoms with Gasteiger partial charge in [0, 0.05) is 12.5 Å². The predicted molar refractivity (Wildman–Crippen MR) is 59.8 cm³/mol. The third-order valence-electron chi connectivity index (χ3n) is 3.26. The number of esters is 1. The van der Waals surface area contributed by atoms with Crippen LogP contribution in [0, 0.1) is 11.3 Å². The maximum absolute atomic E-state index is 12.1. The molecule has 4 heteroatoms. The van der Waals surface area contributed by atoms with Gasteiger partial charge in [-0.1, -0.05) is 6.42 Å². The molecule has 0 saturated heterocycles. The lowest BCUT2D eigenvalue weighted by Gasteiger charge is -2.33. The van der Waals surface area contributed by atoms with Crippen LogP contribution in [0.15, 0.2) is 0 Å². The molecular weight excluding hydrogens is 208 g/mol. The van der Waals surface area contributed by atoms with Gasteiger partial charge in [-0.05, 0) is 33.6 Å². The zero-order chi connectivity index (χ0) is 12.4. The minimum atomic E-state index is -0.887. The highest BCUT2D eigenvalue weighted by Gasteiger charge is 2.50. The molecule has 1 aliphatic carbocycles. The number of rotatable bonds is 3. The molecule has 16 heavy (non-hydrogen) atoms. The first-order valence-corrected chi connectivity index (χ1v) is 5.81. The lowest BCUT2D eigenvalue weighted by molar-refractivity contribution is -0.174. The van der Waals surface area contributed by atoms with Gasteiger partial charge < -0.3 is 14.9 Å². The molecule has 1 aliphatic rings. The molecule has 1 saturated carbocycles. The van der Waals surface area contributed by atoms with Gasteiger partial charge in [-0.3, -0.25) is 4.79 Å². The standard InChI is InChI=1S/C12H22O4/c1-11(2,3)16-10(15)12(8-14)6-4-5-9(12)7-13/h9,13-14H,4-8H2,1-3H3. The van der Waals surface area contributed by atoms with Crippen LogP contribution >= 0.6 is 0 Å². The molecule has 0 radical (unpaired) electrons. The number of aliphatic hydroxyl groups is 2. The largest absolute Gasteiger partial charge is 0.459 e. The minimum absolute atomic E-state index is 0.0696. The molecule has 0 spiro atoms. The molecule has 0 aromatic heterocycles. The fourth-order valence-corrected chi connectivity index (χ4v) is 2.33. The third-order valence-corrected chi connectivity index (χ3v) is 3.26. The van der Waals surface area contributed by atoms with E-state index in [0.717, 1.165) is 12.8 Å². The van der Waals surface area contributed by atoms with Gasteiger partial charge in [-0.2, -0.15) is 0 Å². The number of hydrogen-bond acceptors (Lipinski definition) is 4. The second-order valence-electron chi connectivity index (χ2n) is 5.59. The zero-order valence-electron chi connectivity index (χ0n) is 10.3. The van der Waals surface area contributed by atoms with Gasteiger partial charge >= 0.3 is 5.97 Å². The van der Waals surface area contributed by atoms with E-state index >= 15 is 0 Å². The molecule has 1 rings (SSSR count). The van der Waals surface area contributed by atoms with Crippen molar-refractivity contribution in [3.8, 4) is 0 Å². The summed E-state index contributed by atoms with van der Waals surface area (Å²) in [6.07, 6.45) is 2.23. The van der Waals surface area contributed by atoms with Crippen molar-refractivity contribution in [1.82, 2.24) is 0 Å². The van der Waals surface area contributed by atoms with Gasteiger partial charge in [0.1, 0.15) is 5.60 Å². The van der Waals surface area contributed by atoms with E-state index in [4.69, 9.17) is 4.74 Å². The van der Waals surface area contributed by atoms with Crippen molar-refractivity contribution in [2.45, 2.75) is 45.6 Å². The lowest BCUT2D eigenvalue weighted by Crippen LogP contribution is -2.44. The van der Waals surface area contributed by atoms with Crippen LogP contribution in [0.1, 0.15) is 40.0 Å². The van der Waals surface area contributed by atoms with Crippen LogP contribution in [0.2, 0.25) is 0 Å². The molecule has 1 fully saturated rings. The smallest absolute Gasteiger partial charge is 0.315 e. The van der Waals surface area contributed by atoms with Crippen molar-refractivity contribution in [3.63, 3.8) is 0 Å². The van der Waals surface area contributed by atoms with Crippen LogP contribution < -0.4 is 0 Å². The number of carbonyl (C=O) groups excluding carboxylic acids is 1. The molecule has 0 bridgehead atoms. The summed E-state index contributed by atoms with van der Waals surface area (Å²) in [7, 11) is 0. The molecule has 2 atom stereocenters. The molecule has 94 valence electrons. The van der Waals surface area contributed by atoms with Gasteiger partial charge in [-0.15, -0.1) is 0 Å². The normalized spacial score (nSPS) is 30.4. The third kappa shape index (κ3) is 2.55. The van der Waals surface area contributed by atoms with Crippen LogP contribution in [0.4, 0.5) is 0 Å². The first kappa shape index (κ1) is 13.5. The van der Waals surface area contributed by atoms with E-state index < -0.39 is 11.0 Å². The second-order valence-corrected chi connectivity index (χ2v) is 5.59. The Morgan fingerprint density at radius 3 is 2.50 bits per heavy atom. The number of aliphatic hydroxyl groups excluding tert-OH is 2. The quantitative estimate of drug-likeness (QED) is 0.712. The van der Waals surface area contributed by atoms with Crippen molar-refractivity contribution < 1.29 is 19.7 Å². The Hall–Kier alpha value is -0.610. The van der Waals surface area contributed by atoms with Crippen LogP contribution in [-0.4, -0.2) is 35.0 Å². The Balaban J connectivity index is 2.83. The Morgan fingerprint density at radius 1 is 1.44 bits per heavy atom. The Morgan fingerprint density at radius 2 is 2.06 bits per heavy atom. The average molecular weight is 230 g/mol. The fraction of sp³-hybridized carbons (Fsp3) is 0.917. The van der Waals surface area contributed by atoms with Gasteiger partial charge in [-0.25, -0.2) is 0 Å². The number of hydrogen-bond donors (Lipinski definition) is 2. The summed E-state index contributed by atoms with van der Waals surface area (Å²) < 4.78 is 5.34. The average Bonchev–Trinajstić information content (AvgIpc) is 2.58. The highest BCUT2D eigenvalue weighted by molar-refractivity contribution is 5.78. The Bertz CT molecular complexity index is 256. The summed E-state index contributed by atoms with van der Waals surface area (Å²) in [4.78, 5) is 12.1. The molecule has 0 aromatic carbocycles. The summed E-state index contributed by atoms with van der Waals surface area (Å²) in [6.45, 7) is 5.10. The Labute approximate surface area is 96.6 Å². The van der Waals surface area contributed by atoms with Crippen LogP contribution in [0.3, 0.4) is 0 Å². The molecule has 0 aliphatic heterocycles. The van der Waals surface area contributed by atoms with Crippen LogP contribution in [0.25, 0.3) is 0 Å². The van der Waals surface area contributed by atoms with Gasteiger partial charge in [0.05, 0.1) is 12.0 Å². The van der Waals surface area contributed by atoms with Crippen molar-refractivity contribution in [2.75, 3.05) is 13.2 Å². The second kappa shape index (κ2) is 4.72. The number of carbonyl (C=O) groups is 1. The lowest BCUT2D eigenvalue weighted by atomic mass is 9.79. The fourth-order valence-electron chi connectivity index (χ4n) is 2.33. The van der Waals surface area contributed by atoms with E-state index in [9.17, 15) is 15.0 Å². The predicted octanol–water partition coefficient (Wildman–Crippen LogP) is 1.10. The summed E-state index contributed by atoms with van der Waals surface area (Å²) in [6, 6.07) is 0. The van der Waals surface area contributed by atoms with Crippen molar-refractivity contribution in [2.24, 2.45) is 11.3 Å². The topological polar surface area (TPSA) is 66.8 Å². The first-order chi connectivity index (χ1) is 7.35. The van der Waals surface area contributed by atoms with Crippen molar-refractivity contribution in [1.29, 1.82) is 0 Å². The van der Waals surface area contributed by atoms with Crippen LogP contribution in [0.5, 0.6) is 0 Å². The molecule has 0 aromatic rings. The van der Waals surface area contributed by atoms with Crippen molar-refractivity contribution >= 4 is 5.97 Å². The van der Waals surface area contributed by atoms with Gasteiger partial charge in [0.15, 0.2) is 0 Å². The van der Waals surface area contributed by atoms with E-state index in [1.54, 1.807) is 20.8 Å². The number of ether oxygens (including phenoxy) is 1. The maximum Gasteiger partial charge on any atom is 0.315 e. The highest BCUT2D eigenvalue weighted by atomic mass is 16.6. The summed E-state index contributed by atoms with van der Waals surface area (Å²) >= 11 is 0. The highest BCUT2D eigenvalue weighted by Crippen LogP contribution is 2.44. The van der Waals surface area contributed by atoms with E-state index in [1.807, 2.05) is 0 Å². The molecule has 0 amide bonds. The van der Waals surface area contributed by atoms with E-state index in [2.05, 4.69) is 0 Å². The van der Waals surface area contributed by atoms with Gasteiger partial charge in [0.2, 0.25) is 0 Å². The van der Waals surface area contributed by atoms with Crippen LogP contribution in [-0.2, 0) is 9.53 Å². The minimum Gasteiger partial charge on any atom is -0.459 e. The van der Waals surface area contributed by atoms with Gasteiger partial charge in [0.25, 0.3) is 0 Å². The summed E-state index contributed by atoms with van der Waals surface area (Å²) in [5, 5.41) is 18.7. The summed E-state index contributed by atoms with van der Waals surface area (Å²) in [5.74, 6) is -0.550. The summed E-state index contributed by atoms with van der Waals surface area (Å²) in [5.41, 5.74) is -1.44. The van der Waals surface area contributed by atoms with Crippen molar-refractivity contribution in [3.05, 3.63) is 0 Å². The molecule has 2 N–H and O–H groups in total. The van der Waals surface area contributed by atoms with E-state index in [1.165, 1.54) is 0 Å². The monoisotopic (exact) mass is 230 g/mol. The molecular formula is C12H22O4. The maximum atomic E-state index is 12.1. The first-order valence-electron chi connectivity index (χ1n) is 5.81. The van der Waals surface area contributed by atoms with E-state index in [-0.39, 0.29) is 25.1 Å². The molecule has 0 heterocycles. The SMILES string of the molecule is CC(C)(C)OC(=O)C1(CO)CCCC1CO.